The lowest BCUT2D eigenvalue weighted by Crippen LogP contribution is -2.44. The van der Waals surface area contributed by atoms with E-state index in [9.17, 15) is 14.4 Å². The van der Waals surface area contributed by atoms with Gasteiger partial charge in [-0.25, -0.2) is 9.59 Å². The monoisotopic (exact) mass is 364 g/mol. The molecule has 0 aliphatic carbocycles. The van der Waals surface area contributed by atoms with Crippen molar-refractivity contribution in [1.29, 1.82) is 0 Å². The van der Waals surface area contributed by atoms with Gasteiger partial charge >= 0.3 is 11.9 Å². The zero-order valence-corrected chi connectivity index (χ0v) is 16.2. The SMILES string of the molecule is CCc1[nH]c(C(=O)O[C@@H](C)C(=O)N2CCC(C)CC2)c(C)c1C(=O)OC. The number of aromatic nitrogens is 1. The molecule has 0 radical (unpaired) electrons. The summed E-state index contributed by atoms with van der Waals surface area (Å²) in [6.45, 7) is 8.67. The van der Waals surface area contributed by atoms with Gasteiger partial charge in [-0.05, 0) is 44.6 Å². The Hall–Kier alpha value is -2.31. The molecular formula is C19H28N2O5. The summed E-state index contributed by atoms with van der Waals surface area (Å²) in [5.74, 6) is -0.708. The summed E-state index contributed by atoms with van der Waals surface area (Å²) >= 11 is 0. The van der Waals surface area contributed by atoms with Crippen molar-refractivity contribution >= 4 is 17.8 Å². The zero-order valence-electron chi connectivity index (χ0n) is 16.2. The highest BCUT2D eigenvalue weighted by atomic mass is 16.5. The third kappa shape index (κ3) is 4.08. The first kappa shape index (κ1) is 20.0. The summed E-state index contributed by atoms with van der Waals surface area (Å²) in [7, 11) is 1.30. The molecule has 1 amide bonds. The van der Waals surface area contributed by atoms with Gasteiger partial charge in [-0.15, -0.1) is 0 Å². The van der Waals surface area contributed by atoms with Gasteiger partial charge in [-0.2, -0.15) is 0 Å². The number of ether oxygens (including phenoxy) is 2. The molecule has 0 saturated carbocycles. The molecule has 1 aliphatic heterocycles. The Morgan fingerprint density at radius 3 is 2.38 bits per heavy atom. The van der Waals surface area contributed by atoms with Gasteiger partial charge in [0.05, 0.1) is 12.7 Å². The quantitative estimate of drug-likeness (QED) is 0.811. The number of amides is 1. The van der Waals surface area contributed by atoms with Gasteiger partial charge in [-0.3, -0.25) is 4.79 Å². The number of carbonyl (C=O) groups excluding carboxylic acids is 3. The van der Waals surface area contributed by atoms with Gasteiger partial charge in [-0.1, -0.05) is 13.8 Å². The van der Waals surface area contributed by atoms with Crippen LogP contribution in [0.5, 0.6) is 0 Å². The van der Waals surface area contributed by atoms with Crippen LogP contribution in [0.3, 0.4) is 0 Å². The van der Waals surface area contributed by atoms with Crippen molar-refractivity contribution in [2.75, 3.05) is 20.2 Å². The highest BCUT2D eigenvalue weighted by molar-refractivity contribution is 5.99. The number of carbonyl (C=O) groups is 3. The van der Waals surface area contributed by atoms with E-state index in [4.69, 9.17) is 9.47 Å². The highest BCUT2D eigenvalue weighted by Crippen LogP contribution is 2.22. The van der Waals surface area contributed by atoms with E-state index < -0.39 is 18.0 Å². The smallest absolute Gasteiger partial charge is 0.355 e. The number of aryl methyl sites for hydroxylation is 1. The van der Waals surface area contributed by atoms with Crippen LogP contribution in [0.25, 0.3) is 0 Å². The minimum Gasteiger partial charge on any atom is -0.465 e. The lowest BCUT2D eigenvalue weighted by atomic mass is 9.99. The fourth-order valence-corrected chi connectivity index (χ4v) is 3.26. The molecule has 2 heterocycles. The number of methoxy groups -OCH3 is 1. The molecule has 0 spiro atoms. The van der Waals surface area contributed by atoms with Crippen LogP contribution in [-0.2, 0) is 20.7 Å². The van der Waals surface area contributed by atoms with E-state index in [1.807, 2.05) is 6.92 Å². The van der Waals surface area contributed by atoms with Crippen LogP contribution in [0.1, 0.15) is 65.7 Å². The second kappa shape index (κ2) is 8.38. The molecule has 1 atom stereocenters. The summed E-state index contributed by atoms with van der Waals surface area (Å²) in [4.78, 5) is 41.7. The van der Waals surface area contributed by atoms with Gasteiger partial charge in [0.1, 0.15) is 5.69 Å². The summed E-state index contributed by atoms with van der Waals surface area (Å²) in [6, 6.07) is 0. The topological polar surface area (TPSA) is 88.7 Å². The second-order valence-electron chi connectivity index (χ2n) is 6.88. The van der Waals surface area contributed by atoms with Crippen molar-refractivity contribution in [3.63, 3.8) is 0 Å². The maximum atomic E-state index is 12.5. The maximum absolute atomic E-state index is 12.5. The van der Waals surface area contributed by atoms with Crippen molar-refractivity contribution in [2.24, 2.45) is 5.92 Å². The largest absolute Gasteiger partial charge is 0.465 e. The van der Waals surface area contributed by atoms with E-state index in [0.717, 1.165) is 12.8 Å². The molecule has 2 rings (SSSR count). The molecule has 7 heteroatoms. The number of H-pyrrole nitrogens is 1. The molecule has 1 fully saturated rings. The molecule has 1 saturated heterocycles. The Bertz CT molecular complexity index is 686. The Morgan fingerprint density at radius 1 is 1.23 bits per heavy atom. The van der Waals surface area contributed by atoms with Crippen molar-refractivity contribution in [3.05, 3.63) is 22.5 Å². The molecule has 7 nitrogen and oxygen atoms in total. The van der Waals surface area contributed by atoms with Crippen LogP contribution in [0.2, 0.25) is 0 Å². The van der Waals surface area contributed by atoms with E-state index in [2.05, 4.69) is 11.9 Å². The lowest BCUT2D eigenvalue weighted by molar-refractivity contribution is -0.141. The average Bonchev–Trinajstić information content (AvgIpc) is 2.97. The standard InChI is InChI=1S/C19H28N2O5/c1-6-14-15(18(23)25-5)12(3)16(20-14)19(24)26-13(4)17(22)21-9-7-11(2)8-10-21/h11,13,20H,6-10H2,1-5H3/t13-/m0/s1. The Labute approximate surface area is 154 Å². The Morgan fingerprint density at radius 2 is 1.85 bits per heavy atom. The number of nitrogens with one attached hydrogen (secondary N) is 1. The molecule has 0 aromatic carbocycles. The van der Waals surface area contributed by atoms with Gasteiger partial charge in [0.2, 0.25) is 0 Å². The molecule has 1 N–H and O–H groups in total. The van der Waals surface area contributed by atoms with E-state index >= 15 is 0 Å². The van der Waals surface area contributed by atoms with Crippen molar-refractivity contribution < 1.29 is 23.9 Å². The van der Waals surface area contributed by atoms with Crippen LogP contribution in [0.4, 0.5) is 0 Å². The van der Waals surface area contributed by atoms with Gasteiger partial charge in [0, 0.05) is 18.8 Å². The Balaban J connectivity index is 2.10. The third-order valence-corrected chi connectivity index (χ3v) is 5.00. The van der Waals surface area contributed by atoms with Gasteiger partial charge in [0.25, 0.3) is 5.91 Å². The summed E-state index contributed by atoms with van der Waals surface area (Å²) in [5, 5.41) is 0. The maximum Gasteiger partial charge on any atom is 0.355 e. The molecule has 0 unspecified atom stereocenters. The zero-order chi connectivity index (χ0) is 19.4. The highest BCUT2D eigenvalue weighted by Gasteiger charge is 2.29. The van der Waals surface area contributed by atoms with E-state index in [-0.39, 0.29) is 11.6 Å². The van der Waals surface area contributed by atoms with E-state index in [1.54, 1.807) is 18.7 Å². The molecule has 1 aliphatic rings. The fraction of sp³-hybridized carbons (Fsp3) is 0.632. The number of hydrogen-bond acceptors (Lipinski definition) is 5. The molecule has 144 valence electrons. The van der Waals surface area contributed by atoms with Gasteiger partial charge in [0.15, 0.2) is 6.10 Å². The number of likely N-dealkylation sites (tertiary alicyclic amines) is 1. The minimum atomic E-state index is -0.870. The normalized spacial score (nSPS) is 16.3. The number of hydrogen-bond donors (Lipinski definition) is 1. The second-order valence-corrected chi connectivity index (χ2v) is 6.88. The molecule has 26 heavy (non-hydrogen) atoms. The van der Waals surface area contributed by atoms with Crippen LogP contribution in [-0.4, -0.2) is 54.0 Å². The summed E-state index contributed by atoms with van der Waals surface area (Å²) < 4.78 is 10.2. The predicted molar refractivity (Wildman–Crippen MR) is 96.1 cm³/mol. The van der Waals surface area contributed by atoms with E-state index in [0.29, 0.717) is 42.2 Å². The van der Waals surface area contributed by atoms with Crippen LogP contribution in [0.15, 0.2) is 0 Å². The number of esters is 2. The van der Waals surface area contributed by atoms with Crippen molar-refractivity contribution in [2.45, 2.75) is 53.1 Å². The third-order valence-electron chi connectivity index (χ3n) is 5.00. The molecule has 1 aromatic heterocycles. The number of nitrogens with zero attached hydrogens (tertiary/aromatic N) is 1. The summed E-state index contributed by atoms with van der Waals surface area (Å²) in [6.07, 6.45) is 1.60. The Kier molecular flexibility index (Phi) is 6.45. The van der Waals surface area contributed by atoms with Crippen LogP contribution < -0.4 is 0 Å². The average molecular weight is 364 g/mol. The first-order valence-corrected chi connectivity index (χ1v) is 9.09. The van der Waals surface area contributed by atoms with Crippen molar-refractivity contribution in [3.8, 4) is 0 Å². The van der Waals surface area contributed by atoms with Gasteiger partial charge < -0.3 is 19.4 Å². The number of piperidine rings is 1. The van der Waals surface area contributed by atoms with Crippen LogP contribution >= 0.6 is 0 Å². The first-order chi connectivity index (χ1) is 12.3. The minimum absolute atomic E-state index is 0.182. The van der Waals surface area contributed by atoms with Crippen molar-refractivity contribution in [1.82, 2.24) is 9.88 Å². The van der Waals surface area contributed by atoms with E-state index in [1.165, 1.54) is 7.11 Å². The molecular weight excluding hydrogens is 336 g/mol. The molecule has 0 bridgehead atoms. The lowest BCUT2D eigenvalue weighted by Gasteiger charge is -2.31. The fourth-order valence-electron chi connectivity index (χ4n) is 3.26. The molecule has 1 aromatic rings. The summed E-state index contributed by atoms with van der Waals surface area (Å²) in [5.41, 5.74) is 1.63. The number of aromatic amines is 1. The number of rotatable bonds is 5. The predicted octanol–water partition coefficient (Wildman–Crippen LogP) is 2.48. The first-order valence-electron chi connectivity index (χ1n) is 9.09. The van der Waals surface area contributed by atoms with Crippen LogP contribution in [0, 0.1) is 12.8 Å².